The molecule has 1 rings (SSSR count). The zero-order valence-electron chi connectivity index (χ0n) is 8.89. The fourth-order valence-electron chi connectivity index (χ4n) is 1.78. The molecule has 0 spiro atoms. The number of azide groups is 1. The molecule has 1 aliphatic heterocycles. The number of hydrogen-bond acceptors (Lipinski definition) is 3. The molecule has 14 heavy (non-hydrogen) atoms. The second-order valence-corrected chi connectivity index (χ2v) is 3.66. The highest BCUT2D eigenvalue weighted by atomic mass is 16.5. The first-order chi connectivity index (χ1) is 6.77. The van der Waals surface area contributed by atoms with Gasteiger partial charge < -0.3 is 4.74 Å². The molecule has 0 aromatic rings. The maximum Gasteiger partial charge on any atom is 0.0674 e. The van der Waals surface area contributed by atoms with Crippen LogP contribution >= 0.6 is 0 Å². The van der Waals surface area contributed by atoms with Crippen molar-refractivity contribution >= 4 is 0 Å². The average Bonchev–Trinajstić information content (AvgIpc) is 2.19. The van der Waals surface area contributed by atoms with Crippen LogP contribution < -0.4 is 0 Å². The Morgan fingerprint density at radius 1 is 1.64 bits per heavy atom. The zero-order valence-corrected chi connectivity index (χ0v) is 8.89. The van der Waals surface area contributed by atoms with Crippen molar-refractivity contribution in [1.82, 2.24) is 4.90 Å². The minimum atomic E-state index is 0.295. The molecule has 80 valence electrons. The van der Waals surface area contributed by atoms with E-state index in [0.29, 0.717) is 18.7 Å². The Hall–Kier alpha value is -0.770. The van der Waals surface area contributed by atoms with E-state index in [1.807, 2.05) is 0 Å². The molecule has 1 saturated heterocycles. The zero-order chi connectivity index (χ0) is 10.4. The van der Waals surface area contributed by atoms with Crippen LogP contribution in [0, 0.1) is 0 Å². The first-order valence-corrected chi connectivity index (χ1v) is 5.14. The molecule has 0 aliphatic carbocycles. The van der Waals surface area contributed by atoms with Crippen molar-refractivity contribution in [1.29, 1.82) is 0 Å². The summed E-state index contributed by atoms with van der Waals surface area (Å²) in [5.41, 5.74) is 8.19. The van der Waals surface area contributed by atoms with Crippen LogP contribution in [0.4, 0.5) is 0 Å². The molecule has 1 fully saturated rings. The minimum absolute atomic E-state index is 0.295. The number of morpholine rings is 1. The van der Waals surface area contributed by atoms with Crippen LogP contribution in [0.3, 0.4) is 0 Å². The number of ether oxygens (including phenoxy) is 1. The SMILES string of the molecule is CCC1COC(C)CN1CCN=[N+]=[N-]. The van der Waals surface area contributed by atoms with E-state index in [1.165, 1.54) is 0 Å². The van der Waals surface area contributed by atoms with E-state index in [0.717, 1.165) is 26.1 Å². The molecule has 0 N–H and O–H groups in total. The largest absolute Gasteiger partial charge is 0.376 e. The van der Waals surface area contributed by atoms with Gasteiger partial charge in [-0.25, -0.2) is 0 Å². The summed E-state index contributed by atoms with van der Waals surface area (Å²) in [6.07, 6.45) is 1.38. The Morgan fingerprint density at radius 2 is 2.43 bits per heavy atom. The van der Waals surface area contributed by atoms with Gasteiger partial charge in [-0.2, -0.15) is 0 Å². The van der Waals surface area contributed by atoms with Crippen molar-refractivity contribution in [3.8, 4) is 0 Å². The van der Waals surface area contributed by atoms with Crippen LogP contribution in [0.1, 0.15) is 20.3 Å². The molecular formula is C9H18N4O. The van der Waals surface area contributed by atoms with Gasteiger partial charge in [0.15, 0.2) is 0 Å². The van der Waals surface area contributed by atoms with E-state index in [1.54, 1.807) is 0 Å². The maximum absolute atomic E-state index is 8.19. The van der Waals surface area contributed by atoms with Crippen molar-refractivity contribution < 1.29 is 4.74 Å². The molecule has 0 aromatic carbocycles. The van der Waals surface area contributed by atoms with Gasteiger partial charge >= 0.3 is 0 Å². The lowest BCUT2D eigenvalue weighted by Gasteiger charge is -2.37. The van der Waals surface area contributed by atoms with Gasteiger partial charge in [-0.15, -0.1) is 0 Å². The molecule has 1 aliphatic rings. The highest BCUT2D eigenvalue weighted by Gasteiger charge is 2.24. The van der Waals surface area contributed by atoms with Gasteiger partial charge in [-0.1, -0.05) is 12.0 Å². The molecule has 0 aromatic heterocycles. The van der Waals surface area contributed by atoms with E-state index < -0.39 is 0 Å². The summed E-state index contributed by atoms with van der Waals surface area (Å²) in [5.74, 6) is 0. The van der Waals surface area contributed by atoms with E-state index >= 15 is 0 Å². The predicted octanol–water partition coefficient (Wildman–Crippen LogP) is 1.80. The summed E-state index contributed by atoms with van der Waals surface area (Å²) < 4.78 is 5.57. The van der Waals surface area contributed by atoms with E-state index in [2.05, 4.69) is 28.8 Å². The Kier molecular flexibility index (Phi) is 4.73. The highest BCUT2D eigenvalue weighted by Crippen LogP contribution is 2.13. The summed E-state index contributed by atoms with van der Waals surface area (Å²) >= 11 is 0. The van der Waals surface area contributed by atoms with Crippen LogP contribution in [-0.4, -0.2) is 43.3 Å². The smallest absolute Gasteiger partial charge is 0.0674 e. The lowest BCUT2D eigenvalue weighted by atomic mass is 10.1. The first kappa shape index (κ1) is 11.3. The molecule has 0 bridgehead atoms. The van der Waals surface area contributed by atoms with Crippen molar-refractivity contribution in [2.24, 2.45) is 5.11 Å². The second-order valence-electron chi connectivity index (χ2n) is 3.66. The van der Waals surface area contributed by atoms with Crippen LogP contribution in [0.5, 0.6) is 0 Å². The van der Waals surface area contributed by atoms with Crippen LogP contribution in [-0.2, 0) is 4.74 Å². The summed E-state index contributed by atoms with van der Waals surface area (Å²) in [6.45, 7) is 7.38. The lowest BCUT2D eigenvalue weighted by molar-refractivity contribution is -0.0544. The molecule has 5 nitrogen and oxygen atoms in total. The first-order valence-electron chi connectivity index (χ1n) is 5.14. The van der Waals surface area contributed by atoms with Crippen molar-refractivity contribution in [3.05, 3.63) is 10.4 Å². The van der Waals surface area contributed by atoms with Gasteiger partial charge in [0.1, 0.15) is 0 Å². The van der Waals surface area contributed by atoms with Crippen LogP contribution in [0.15, 0.2) is 5.11 Å². The fraction of sp³-hybridized carbons (Fsp3) is 1.00. The Labute approximate surface area is 84.7 Å². The lowest BCUT2D eigenvalue weighted by Crippen LogP contribution is -2.49. The number of hydrogen-bond donors (Lipinski definition) is 0. The van der Waals surface area contributed by atoms with E-state index in [9.17, 15) is 0 Å². The second kappa shape index (κ2) is 5.86. The minimum Gasteiger partial charge on any atom is -0.376 e. The number of nitrogens with zero attached hydrogens (tertiary/aromatic N) is 4. The van der Waals surface area contributed by atoms with Crippen LogP contribution in [0.2, 0.25) is 0 Å². The molecule has 2 atom stereocenters. The Bertz CT molecular complexity index is 215. The average molecular weight is 198 g/mol. The van der Waals surface area contributed by atoms with Gasteiger partial charge in [0.2, 0.25) is 0 Å². The molecule has 0 radical (unpaired) electrons. The molecule has 0 saturated carbocycles. The normalized spacial score (nSPS) is 28.4. The maximum atomic E-state index is 8.19. The standard InChI is InChI=1S/C9H18N4O/c1-3-9-7-14-8(2)6-13(9)5-4-11-12-10/h8-9H,3-7H2,1-2H3. The van der Waals surface area contributed by atoms with Gasteiger partial charge in [0, 0.05) is 30.6 Å². The topological polar surface area (TPSA) is 61.2 Å². The molecular weight excluding hydrogens is 180 g/mol. The van der Waals surface area contributed by atoms with Crippen molar-refractivity contribution in [3.63, 3.8) is 0 Å². The van der Waals surface area contributed by atoms with Gasteiger partial charge in [-0.05, 0) is 18.9 Å². The molecule has 5 heteroatoms. The highest BCUT2D eigenvalue weighted by molar-refractivity contribution is 4.77. The molecule has 0 amide bonds. The van der Waals surface area contributed by atoms with Crippen molar-refractivity contribution in [2.45, 2.75) is 32.4 Å². The predicted molar refractivity (Wildman–Crippen MR) is 55.1 cm³/mol. The van der Waals surface area contributed by atoms with Crippen LogP contribution in [0.25, 0.3) is 10.4 Å². The van der Waals surface area contributed by atoms with E-state index in [4.69, 9.17) is 10.3 Å². The third-order valence-electron chi connectivity index (χ3n) is 2.60. The van der Waals surface area contributed by atoms with Gasteiger partial charge in [0.25, 0.3) is 0 Å². The summed E-state index contributed by atoms with van der Waals surface area (Å²) in [7, 11) is 0. The Balaban J connectivity index is 2.40. The summed E-state index contributed by atoms with van der Waals surface area (Å²) in [5, 5.41) is 3.56. The Morgan fingerprint density at radius 3 is 3.07 bits per heavy atom. The quantitative estimate of drug-likeness (QED) is 0.393. The van der Waals surface area contributed by atoms with Gasteiger partial charge in [0.05, 0.1) is 12.7 Å². The van der Waals surface area contributed by atoms with Crippen molar-refractivity contribution in [2.75, 3.05) is 26.2 Å². The monoisotopic (exact) mass is 198 g/mol. The molecule has 2 unspecified atom stereocenters. The molecule has 1 heterocycles. The summed E-state index contributed by atoms with van der Waals surface area (Å²) in [4.78, 5) is 5.11. The third-order valence-corrected chi connectivity index (χ3v) is 2.60. The van der Waals surface area contributed by atoms with E-state index in [-0.39, 0.29) is 0 Å². The third kappa shape index (κ3) is 3.18. The fourth-order valence-corrected chi connectivity index (χ4v) is 1.78. The number of rotatable bonds is 4. The van der Waals surface area contributed by atoms with Gasteiger partial charge in [-0.3, -0.25) is 4.90 Å². The summed E-state index contributed by atoms with van der Waals surface area (Å²) in [6, 6.07) is 0.486.